The highest BCUT2D eigenvalue weighted by Gasteiger charge is 2.36. The van der Waals surface area contributed by atoms with E-state index in [-0.39, 0.29) is 18.6 Å². The fourth-order valence-corrected chi connectivity index (χ4v) is 4.26. The quantitative estimate of drug-likeness (QED) is 0.448. The number of aliphatic hydroxyl groups excluding tert-OH is 1. The van der Waals surface area contributed by atoms with Crippen molar-refractivity contribution in [1.82, 2.24) is 15.0 Å². The van der Waals surface area contributed by atoms with Crippen LogP contribution in [0.25, 0.3) is 22.6 Å². The summed E-state index contributed by atoms with van der Waals surface area (Å²) in [5.74, 6) is 1.10. The van der Waals surface area contributed by atoms with Gasteiger partial charge in [0.05, 0.1) is 18.8 Å². The van der Waals surface area contributed by atoms with E-state index in [4.69, 9.17) is 5.14 Å². The number of anilines is 1. The Hall–Kier alpha value is -2.60. The SMILES string of the molecule is Cc1cccc(-c2nc3nc[nH+]c(N[C@@H]4C[C@@H](COS(N)(=O)=O)[C@@H](O)C4)c3[nH]2)c1C. The summed E-state index contributed by atoms with van der Waals surface area (Å²) in [5.41, 5.74) is 4.63. The van der Waals surface area contributed by atoms with Gasteiger partial charge >= 0.3 is 10.3 Å². The van der Waals surface area contributed by atoms with Crippen molar-refractivity contribution in [3.63, 3.8) is 0 Å². The number of hydrogen-bond donors (Lipinski definition) is 4. The van der Waals surface area contributed by atoms with E-state index >= 15 is 0 Å². The van der Waals surface area contributed by atoms with Crippen molar-refractivity contribution in [3.05, 3.63) is 35.7 Å². The Morgan fingerprint density at radius 2 is 2.17 bits per heavy atom. The molecule has 160 valence electrons. The summed E-state index contributed by atoms with van der Waals surface area (Å²) >= 11 is 0. The molecule has 10 nitrogen and oxygen atoms in total. The van der Waals surface area contributed by atoms with Crippen molar-refractivity contribution < 1.29 is 22.7 Å². The van der Waals surface area contributed by atoms with E-state index in [0.29, 0.717) is 24.3 Å². The van der Waals surface area contributed by atoms with Crippen LogP contribution in [0.5, 0.6) is 0 Å². The molecule has 4 rings (SSSR count). The van der Waals surface area contributed by atoms with Gasteiger partial charge in [-0.25, -0.2) is 10.1 Å². The lowest BCUT2D eigenvalue weighted by atomic mass is 10.0. The lowest BCUT2D eigenvalue weighted by molar-refractivity contribution is -0.364. The highest BCUT2D eigenvalue weighted by atomic mass is 32.2. The van der Waals surface area contributed by atoms with Crippen LogP contribution >= 0.6 is 0 Å². The summed E-state index contributed by atoms with van der Waals surface area (Å²) in [6.07, 6.45) is 1.86. The van der Waals surface area contributed by atoms with Crippen molar-refractivity contribution in [2.75, 3.05) is 11.9 Å². The van der Waals surface area contributed by atoms with Crippen molar-refractivity contribution in [2.45, 2.75) is 38.8 Å². The van der Waals surface area contributed by atoms with Gasteiger partial charge in [-0.15, -0.1) is 0 Å². The largest absolute Gasteiger partial charge is 0.393 e. The predicted molar refractivity (Wildman–Crippen MR) is 111 cm³/mol. The monoisotopic (exact) mass is 433 g/mol. The Morgan fingerprint density at radius 1 is 1.37 bits per heavy atom. The second-order valence-corrected chi connectivity index (χ2v) is 8.95. The van der Waals surface area contributed by atoms with E-state index < -0.39 is 16.4 Å². The van der Waals surface area contributed by atoms with Crippen LogP contribution in [-0.4, -0.2) is 47.2 Å². The second-order valence-electron chi connectivity index (χ2n) is 7.73. The first-order chi connectivity index (χ1) is 14.2. The van der Waals surface area contributed by atoms with Crippen LogP contribution in [0.3, 0.4) is 0 Å². The normalized spacial score (nSPS) is 21.9. The van der Waals surface area contributed by atoms with Crippen LogP contribution in [0.1, 0.15) is 24.0 Å². The summed E-state index contributed by atoms with van der Waals surface area (Å²) in [6.45, 7) is 3.97. The molecule has 0 amide bonds. The average Bonchev–Trinajstić information content (AvgIpc) is 3.25. The highest BCUT2D eigenvalue weighted by Crippen LogP contribution is 2.31. The molecule has 0 saturated heterocycles. The molecule has 30 heavy (non-hydrogen) atoms. The molecule has 0 spiro atoms. The zero-order valence-electron chi connectivity index (χ0n) is 16.7. The Morgan fingerprint density at radius 3 is 2.93 bits per heavy atom. The van der Waals surface area contributed by atoms with Crippen LogP contribution in [0.2, 0.25) is 0 Å². The fourth-order valence-electron chi connectivity index (χ4n) is 3.90. The third-order valence-electron chi connectivity index (χ3n) is 5.64. The fraction of sp³-hybridized carbons (Fsp3) is 0.421. The Kier molecular flexibility index (Phi) is 5.45. The van der Waals surface area contributed by atoms with Crippen LogP contribution in [0.4, 0.5) is 5.82 Å². The van der Waals surface area contributed by atoms with Gasteiger partial charge in [0, 0.05) is 17.9 Å². The molecule has 1 saturated carbocycles. The van der Waals surface area contributed by atoms with Gasteiger partial charge in [0.15, 0.2) is 5.52 Å². The molecular formula is C19H25N6O4S+. The minimum absolute atomic E-state index is 0.0802. The van der Waals surface area contributed by atoms with E-state index in [1.165, 1.54) is 5.56 Å². The highest BCUT2D eigenvalue weighted by molar-refractivity contribution is 7.84. The van der Waals surface area contributed by atoms with Gasteiger partial charge in [-0.3, -0.25) is 4.18 Å². The number of nitrogens with zero attached hydrogens (tertiary/aromatic N) is 2. The number of aryl methyl sites for hydroxylation is 1. The van der Waals surface area contributed by atoms with Gasteiger partial charge in [-0.1, -0.05) is 23.2 Å². The van der Waals surface area contributed by atoms with E-state index in [9.17, 15) is 13.5 Å². The maximum Gasteiger partial charge on any atom is 0.333 e. The van der Waals surface area contributed by atoms with Crippen LogP contribution in [-0.2, 0) is 14.5 Å². The number of nitrogens with one attached hydrogen (secondary N) is 3. The van der Waals surface area contributed by atoms with Gasteiger partial charge < -0.3 is 15.4 Å². The van der Waals surface area contributed by atoms with Crippen molar-refractivity contribution >= 4 is 27.3 Å². The third-order valence-corrected chi connectivity index (χ3v) is 6.11. The number of rotatable bonds is 6. The molecule has 11 heteroatoms. The maximum atomic E-state index is 11.0. The molecule has 3 atom stereocenters. The summed E-state index contributed by atoms with van der Waals surface area (Å²) in [4.78, 5) is 15.4. The van der Waals surface area contributed by atoms with Gasteiger partial charge in [-0.2, -0.15) is 13.4 Å². The molecule has 3 aromatic rings. The molecule has 2 heterocycles. The molecule has 0 unspecified atom stereocenters. The number of aromatic amines is 2. The maximum absolute atomic E-state index is 11.0. The zero-order valence-corrected chi connectivity index (χ0v) is 17.5. The van der Waals surface area contributed by atoms with Crippen LogP contribution < -0.4 is 15.4 Å². The Balaban J connectivity index is 1.55. The number of hydrogen-bond acceptors (Lipinski definition) is 7. The molecular weight excluding hydrogens is 408 g/mol. The number of fused-ring (bicyclic) bond motifs is 1. The number of benzene rings is 1. The molecule has 0 aliphatic heterocycles. The second kappa shape index (κ2) is 7.91. The number of aromatic nitrogens is 4. The zero-order chi connectivity index (χ0) is 21.5. The van der Waals surface area contributed by atoms with Crippen LogP contribution in [0, 0.1) is 19.8 Å². The van der Waals surface area contributed by atoms with Crippen molar-refractivity contribution in [2.24, 2.45) is 11.1 Å². The predicted octanol–water partition coefficient (Wildman–Crippen LogP) is 0.827. The molecule has 1 aromatic carbocycles. The smallest absolute Gasteiger partial charge is 0.333 e. The van der Waals surface area contributed by atoms with Crippen LogP contribution in [0.15, 0.2) is 24.5 Å². The average molecular weight is 434 g/mol. The first-order valence-corrected chi connectivity index (χ1v) is 11.1. The number of aliphatic hydroxyl groups is 1. The lowest BCUT2D eigenvalue weighted by Gasteiger charge is -2.12. The number of imidazole rings is 1. The first-order valence-electron chi connectivity index (χ1n) is 9.66. The van der Waals surface area contributed by atoms with E-state index in [1.807, 2.05) is 12.1 Å². The molecule has 1 aliphatic rings. The third kappa shape index (κ3) is 4.29. The molecule has 1 fully saturated rings. The molecule has 1 aliphatic carbocycles. The van der Waals surface area contributed by atoms with Gasteiger partial charge in [0.25, 0.3) is 5.65 Å². The molecule has 0 bridgehead atoms. The summed E-state index contributed by atoms with van der Waals surface area (Å²) in [6, 6.07) is 5.98. The van der Waals surface area contributed by atoms with E-state index in [0.717, 1.165) is 22.5 Å². The summed E-state index contributed by atoms with van der Waals surface area (Å²) < 4.78 is 26.7. The van der Waals surface area contributed by atoms with Gasteiger partial charge in [0.1, 0.15) is 5.82 Å². The Labute approximate surface area is 174 Å². The summed E-state index contributed by atoms with van der Waals surface area (Å²) in [7, 11) is -4.03. The molecule has 6 N–H and O–H groups in total. The van der Waals surface area contributed by atoms with Crippen molar-refractivity contribution in [1.29, 1.82) is 0 Å². The van der Waals surface area contributed by atoms with E-state index in [1.54, 1.807) is 6.33 Å². The first kappa shape index (κ1) is 20.7. The van der Waals surface area contributed by atoms with Crippen molar-refractivity contribution in [3.8, 4) is 11.4 Å². The number of nitrogens with two attached hydrogens (primary N) is 1. The lowest BCUT2D eigenvalue weighted by Crippen LogP contribution is -2.24. The number of H-pyrrole nitrogens is 2. The summed E-state index contributed by atoms with van der Waals surface area (Å²) in [5, 5.41) is 18.5. The Bertz CT molecular complexity index is 1180. The van der Waals surface area contributed by atoms with Gasteiger partial charge in [-0.05, 0) is 31.4 Å². The van der Waals surface area contributed by atoms with E-state index in [2.05, 4.69) is 49.3 Å². The minimum Gasteiger partial charge on any atom is -0.393 e. The molecule has 0 radical (unpaired) electrons. The standard InChI is InChI=1S/C19H24N6O4S/c1-10-4-3-5-14(11(10)2)17-24-16-18(21-9-22-19(16)25-17)23-13-6-12(15(26)7-13)8-29-30(20,27)28/h3-5,9,12-13,15,26H,6-8H2,1-2H3,(H2,20,27,28)(H2,21,22,23,24,25)/p+1/t12-,13+,15-/m0/s1. The minimum atomic E-state index is -4.03. The topological polar surface area (TPSA) is 157 Å². The molecule has 2 aromatic heterocycles. The van der Waals surface area contributed by atoms with Gasteiger partial charge in [0.2, 0.25) is 12.1 Å².